The van der Waals surface area contributed by atoms with Crippen LogP contribution >= 0.6 is 11.6 Å². The standard InChI is InChI=1S/C17H19ClO/c18-13-4-14-19-17-11-9-16(10-12-17)8-7-15-5-2-1-3-6-15/h1-3,5-6,9-12H,4,7-8,13-14H2. The van der Waals surface area contributed by atoms with Gasteiger partial charge in [0.1, 0.15) is 5.75 Å². The summed E-state index contributed by atoms with van der Waals surface area (Å²) < 4.78 is 5.58. The van der Waals surface area contributed by atoms with E-state index in [2.05, 4.69) is 42.5 Å². The number of hydrogen-bond acceptors (Lipinski definition) is 1. The van der Waals surface area contributed by atoms with Gasteiger partial charge < -0.3 is 4.74 Å². The Balaban J connectivity index is 1.81. The highest BCUT2D eigenvalue weighted by Gasteiger charge is 1.97. The van der Waals surface area contributed by atoms with E-state index in [1.165, 1.54) is 11.1 Å². The number of ether oxygens (including phenoxy) is 1. The van der Waals surface area contributed by atoms with E-state index in [0.29, 0.717) is 12.5 Å². The third-order valence-corrected chi connectivity index (χ3v) is 3.28. The van der Waals surface area contributed by atoms with E-state index in [4.69, 9.17) is 16.3 Å². The molecule has 0 atom stereocenters. The predicted molar refractivity (Wildman–Crippen MR) is 81.1 cm³/mol. The molecule has 0 saturated heterocycles. The fourth-order valence-corrected chi connectivity index (χ4v) is 2.04. The maximum Gasteiger partial charge on any atom is 0.119 e. The number of hydrogen-bond donors (Lipinski definition) is 0. The molecule has 19 heavy (non-hydrogen) atoms. The monoisotopic (exact) mass is 274 g/mol. The van der Waals surface area contributed by atoms with Crippen LogP contribution in [-0.4, -0.2) is 12.5 Å². The first-order valence-corrected chi connectivity index (χ1v) is 7.23. The van der Waals surface area contributed by atoms with Gasteiger partial charge in [0.25, 0.3) is 0 Å². The van der Waals surface area contributed by atoms with E-state index in [1.54, 1.807) is 0 Å². The van der Waals surface area contributed by atoms with Gasteiger partial charge in [0.05, 0.1) is 6.61 Å². The molecule has 0 heterocycles. The van der Waals surface area contributed by atoms with Crippen LogP contribution in [0.1, 0.15) is 17.5 Å². The van der Waals surface area contributed by atoms with E-state index in [1.807, 2.05) is 12.1 Å². The average Bonchev–Trinajstić information content (AvgIpc) is 2.48. The highest BCUT2D eigenvalue weighted by atomic mass is 35.5. The number of aryl methyl sites for hydroxylation is 2. The Morgan fingerprint density at radius 3 is 2.05 bits per heavy atom. The molecule has 2 aromatic carbocycles. The molecule has 0 unspecified atom stereocenters. The first-order valence-electron chi connectivity index (χ1n) is 6.70. The van der Waals surface area contributed by atoms with Gasteiger partial charge in [-0.25, -0.2) is 0 Å². The van der Waals surface area contributed by atoms with Crippen molar-refractivity contribution in [2.45, 2.75) is 19.3 Å². The van der Waals surface area contributed by atoms with Crippen molar-refractivity contribution in [3.63, 3.8) is 0 Å². The highest BCUT2D eigenvalue weighted by Crippen LogP contribution is 2.14. The van der Waals surface area contributed by atoms with Crippen LogP contribution in [0.4, 0.5) is 0 Å². The van der Waals surface area contributed by atoms with E-state index in [0.717, 1.165) is 25.0 Å². The Morgan fingerprint density at radius 1 is 0.789 bits per heavy atom. The van der Waals surface area contributed by atoms with Crippen LogP contribution in [0.2, 0.25) is 0 Å². The number of rotatable bonds is 7. The number of alkyl halides is 1. The van der Waals surface area contributed by atoms with Gasteiger partial charge in [-0.2, -0.15) is 0 Å². The Labute approximate surface area is 120 Å². The zero-order valence-electron chi connectivity index (χ0n) is 11.0. The average molecular weight is 275 g/mol. The summed E-state index contributed by atoms with van der Waals surface area (Å²) in [7, 11) is 0. The Hall–Kier alpha value is -1.47. The van der Waals surface area contributed by atoms with Gasteiger partial charge in [0.15, 0.2) is 0 Å². The van der Waals surface area contributed by atoms with Crippen molar-refractivity contribution >= 4 is 11.6 Å². The molecule has 2 rings (SSSR count). The minimum Gasteiger partial charge on any atom is -0.494 e. The Bertz CT molecular complexity index is 464. The van der Waals surface area contributed by atoms with Crippen molar-refractivity contribution < 1.29 is 4.74 Å². The summed E-state index contributed by atoms with van der Waals surface area (Å²) in [6.07, 6.45) is 3.02. The lowest BCUT2D eigenvalue weighted by Crippen LogP contribution is -1.98. The molecule has 0 aliphatic carbocycles. The summed E-state index contributed by atoms with van der Waals surface area (Å²) in [6.45, 7) is 0.687. The van der Waals surface area contributed by atoms with Gasteiger partial charge in [0.2, 0.25) is 0 Å². The van der Waals surface area contributed by atoms with E-state index in [-0.39, 0.29) is 0 Å². The molecule has 0 radical (unpaired) electrons. The lowest BCUT2D eigenvalue weighted by Gasteiger charge is -2.06. The molecule has 0 aromatic heterocycles. The van der Waals surface area contributed by atoms with Crippen LogP contribution in [0.15, 0.2) is 54.6 Å². The van der Waals surface area contributed by atoms with E-state index < -0.39 is 0 Å². The number of benzene rings is 2. The zero-order chi connectivity index (χ0) is 13.3. The third-order valence-electron chi connectivity index (χ3n) is 3.02. The SMILES string of the molecule is ClCCCOc1ccc(CCc2ccccc2)cc1. The Kier molecular flexibility index (Phi) is 5.77. The van der Waals surface area contributed by atoms with Crippen LogP contribution in [-0.2, 0) is 12.8 Å². The molecule has 0 bridgehead atoms. The van der Waals surface area contributed by atoms with Gasteiger partial charge in [0, 0.05) is 5.88 Å². The highest BCUT2D eigenvalue weighted by molar-refractivity contribution is 6.17. The second-order valence-corrected chi connectivity index (χ2v) is 4.90. The van der Waals surface area contributed by atoms with Gasteiger partial charge in [-0.1, -0.05) is 42.5 Å². The normalized spacial score (nSPS) is 10.4. The van der Waals surface area contributed by atoms with Gasteiger partial charge in [-0.3, -0.25) is 0 Å². The lowest BCUT2D eigenvalue weighted by atomic mass is 10.0. The van der Waals surface area contributed by atoms with Crippen molar-refractivity contribution in [1.82, 2.24) is 0 Å². The maximum absolute atomic E-state index is 5.61. The van der Waals surface area contributed by atoms with Crippen LogP contribution < -0.4 is 4.74 Å². The zero-order valence-corrected chi connectivity index (χ0v) is 11.8. The molecule has 0 aliphatic rings. The van der Waals surface area contributed by atoms with Crippen molar-refractivity contribution in [2.75, 3.05) is 12.5 Å². The fourth-order valence-electron chi connectivity index (χ4n) is 1.93. The van der Waals surface area contributed by atoms with E-state index >= 15 is 0 Å². The summed E-state index contributed by atoms with van der Waals surface area (Å²) in [4.78, 5) is 0. The maximum atomic E-state index is 5.61. The molecule has 1 nitrogen and oxygen atoms in total. The van der Waals surface area contributed by atoms with Crippen molar-refractivity contribution in [1.29, 1.82) is 0 Å². The fraction of sp³-hybridized carbons (Fsp3) is 0.294. The largest absolute Gasteiger partial charge is 0.494 e. The summed E-state index contributed by atoms with van der Waals surface area (Å²) in [5, 5.41) is 0. The Morgan fingerprint density at radius 2 is 1.42 bits per heavy atom. The molecule has 0 fully saturated rings. The van der Waals surface area contributed by atoms with E-state index in [9.17, 15) is 0 Å². The summed E-state index contributed by atoms with van der Waals surface area (Å²) in [6, 6.07) is 18.9. The second-order valence-electron chi connectivity index (χ2n) is 4.52. The summed E-state index contributed by atoms with van der Waals surface area (Å²) in [5.74, 6) is 1.57. The molecule has 0 amide bonds. The molecular formula is C17H19ClO. The molecule has 0 saturated carbocycles. The van der Waals surface area contributed by atoms with Crippen molar-refractivity contribution in [3.05, 3.63) is 65.7 Å². The minimum absolute atomic E-state index is 0.648. The van der Waals surface area contributed by atoms with Crippen molar-refractivity contribution in [2.24, 2.45) is 0 Å². The third kappa shape index (κ3) is 4.96. The first-order chi connectivity index (χ1) is 9.38. The van der Waals surface area contributed by atoms with Crippen LogP contribution in [0.25, 0.3) is 0 Å². The molecule has 0 aliphatic heterocycles. The molecule has 0 spiro atoms. The van der Waals surface area contributed by atoms with Crippen LogP contribution in [0.3, 0.4) is 0 Å². The predicted octanol–water partition coefficient (Wildman–Crippen LogP) is 4.48. The van der Waals surface area contributed by atoms with Gasteiger partial charge in [-0.15, -0.1) is 11.6 Å². The molecular weight excluding hydrogens is 256 g/mol. The smallest absolute Gasteiger partial charge is 0.119 e. The lowest BCUT2D eigenvalue weighted by molar-refractivity contribution is 0.318. The summed E-state index contributed by atoms with van der Waals surface area (Å²) >= 11 is 5.61. The molecule has 100 valence electrons. The number of halogens is 1. The van der Waals surface area contributed by atoms with Crippen LogP contribution in [0, 0.1) is 0 Å². The first kappa shape index (κ1) is 14.0. The van der Waals surface area contributed by atoms with Crippen LogP contribution in [0.5, 0.6) is 5.75 Å². The summed E-state index contributed by atoms with van der Waals surface area (Å²) in [5.41, 5.74) is 2.72. The molecule has 2 aromatic rings. The van der Waals surface area contributed by atoms with Gasteiger partial charge >= 0.3 is 0 Å². The quantitative estimate of drug-likeness (QED) is 0.534. The van der Waals surface area contributed by atoms with Gasteiger partial charge in [-0.05, 0) is 42.5 Å². The minimum atomic E-state index is 0.648. The topological polar surface area (TPSA) is 9.23 Å². The van der Waals surface area contributed by atoms with Crippen molar-refractivity contribution in [3.8, 4) is 5.75 Å². The second kappa shape index (κ2) is 7.85. The molecule has 2 heteroatoms. The molecule has 0 N–H and O–H groups in total.